The Bertz CT molecular complexity index is 1650. The molecule has 1 aliphatic rings. The number of aromatic nitrogens is 3. The van der Waals surface area contributed by atoms with Crippen LogP contribution in [0.15, 0.2) is 95.5 Å². The van der Waals surface area contributed by atoms with Crippen molar-refractivity contribution < 1.29 is 14.3 Å². The Hall–Kier alpha value is -4.47. The number of pyridine rings is 1. The van der Waals surface area contributed by atoms with E-state index in [-0.39, 0.29) is 18.4 Å². The van der Waals surface area contributed by atoms with Crippen molar-refractivity contribution in [1.29, 1.82) is 0 Å². The maximum absolute atomic E-state index is 13.1. The number of para-hydroxylation sites is 2. The van der Waals surface area contributed by atoms with Crippen LogP contribution in [0.5, 0.6) is 0 Å². The van der Waals surface area contributed by atoms with Gasteiger partial charge in [0.2, 0.25) is 5.95 Å². The molecule has 4 heterocycles. The van der Waals surface area contributed by atoms with Crippen LogP contribution in [0.3, 0.4) is 0 Å². The Morgan fingerprint density at radius 1 is 0.932 bits per heavy atom. The van der Waals surface area contributed by atoms with E-state index >= 15 is 0 Å². The second kappa shape index (κ2) is 13.9. The third-order valence-electron chi connectivity index (χ3n) is 8.45. The Morgan fingerprint density at radius 2 is 1.73 bits per heavy atom. The van der Waals surface area contributed by atoms with E-state index in [9.17, 15) is 9.90 Å². The highest BCUT2D eigenvalue weighted by molar-refractivity contribution is 5.94. The van der Waals surface area contributed by atoms with Gasteiger partial charge in [0.25, 0.3) is 5.91 Å². The maximum atomic E-state index is 13.1. The van der Waals surface area contributed by atoms with Crippen molar-refractivity contribution in [3.63, 3.8) is 0 Å². The minimum absolute atomic E-state index is 0.0296. The second-order valence-corrected chi connectivity index (χ2v) is 11.5. The number of hydrogen-bond acceptors (Lipinski definition) is 7. The smallest absolute Gasteiger partial charge is 0.253 e. The summed E-state index contributed by atoms with van der Waals surface area (Å²) in [5.41, 5.74) is 3.75. The van der Waals surface area contributed by atoms with Crippen molar-refractivity contribution in [3.05, 3.63) is 114 Å². The van der Waals surface area contributed by atoms with Gasteiger partial charge in [-0.25, -0.2) is 4.98 Å². The fourth-order valence-corrected chi connectivity index (χ4v) is 6.11. The average Bonchev–Trinajstić information content (AvgIpc) is 3.60. The molecule has 9 heteroatoms. The first-order valence-corrected chi connectivity index (χ1v) is 15.4. The van der Waals surface area contributed by atoms with Gasteiger partial charge in [0, 0.05) is 56.6 Å². The third kappa shape index (κ3) is 6.85. The van der Waals surface area contributed by atoms with E-state index in [1.165, 1.54) is 0 Å². The molecule has 0 saturated carbocycles. The molecule has 1 saturated heterocycles. The molecule has 0 aliphatic carbocycles. The van der Waals surface area contributed by atoms with Gasteiger partial charge in [-0.05, 0) is 74.5 Å². The largest absolute Gasteiger partial charge is 0.462 e. The summed E-state index contributed by atoms with van der Waals surface area (Å²) in [6.07, 6.45) is 3.78. The molecular formula is C35H40N6O3. The van der Waals surface area contributed by atoms with Gasteiger partial charge >= 0.3 is 0 Å². The second-order valence-electron chi connectivity index (χ2n) is 11.5. The number of carbonyl (C=O) groups excluding carboxylic acids is 1. The van der Waals surface area contributed by atoms with E-state index in [4.69, 9.17) is 9.40 Å². The van der Waals surface area contributed by atoms with Crippen LogP contribution in [0.4, 0.5) is 5.95 Å². The Labute approximate surface area is 258 Å². The monoisotopic (exact) mass is 592 g/mol. The van der Waals surface area contributed by atoms with Gasteiger partial charge in [-0.2, -0.15) is 0 Å². The van der Waals surface area contributed by atoms with Gasteiger partial charge in [0.15, 0.2) is 0 Å². The van der Waals surface area contributed by atoms with E-state index in [1.54, 1.807) is 0 Å². The minimum atomic E-state index is -0.111. The molecular weight excluding hydrogens is 552 g/mol. The zero-order valence-electron chi connectivity index (χ0n) is 25.3. The minimum Gasteiger partial charge on any atom is -0.462 e. The van der Waals surface area contributed by atoms with E-state index in [2.05, 4.69) is 37.5 Å². The van der Waals surface area contributed by atoms with Gasteiger partial charge in [0.05, 0.1) is 17.6 Å². The van der Waals surface area contributed by atoms with E-state index in [0.717, 1.165) is 74.0 Å². The number of furan rings is 1. The van der Waals surface area contributed by atoms with Crippen LogP contribution in [0, 0.1) is 0 Å². The number of likely N-dealkylation sites (N-methyl/N-ethyl adjacent to an activating group) is 1. The van der Waals surface area contributed by atoms with Gasteiger partial charge < -0.3 is 28.8 Å². The average molecular weight is 593 g/mol. The molecule has 1 N–H and O–H groups in total. The fraction of sp³-hybridized carbons (Fsp3) is 0.343. The lowest BCUT2D eigenvalue weighted by atomic mass is 9.99. The number of nitrogens with zero attached hydrogens (tertiary/aromatic N) is 6. The summed E-state index contributed by atoms with van der Waals surface area (Å²) >= 11 is 0. The first-order valence-electron chi connectivity index (χ1n) is 15.4. The molecule has 0 bridgehead atoms. The van der Waals surface area contributed by atoms with Gasteiger partial charge in [-0.1, -0.05) is 36.4 Å². The number of anilines is 1. The standard InChI is InChI=1S/C35H40N6O3/c1-38(34(43)27-10-3-2-4-11-27)24-28(31-12-7-8-18-36-31)17-21-39-19-9-20-40(23-22-39)35-37-32-13-5-6-14-33(32)41(35)25-29-15-16-30(26-42)44-29/h2-8,10-16,18,28,42H,9,17,19-26H2,1H3. The molecule has 44 heavy (non-hydrogen) atoms. The van der Waals surface area contributed by atoms with Crippen LogP contribution in [0.1, 0.15) is 46.3 Å². The molecule has 1 amide bonds. The number of aliphatic hydroxyl groups excluding tert-OH is 1. The molecule has 5 aromatic rings. The molecule has 1 fully saturated rings. The predicted octanol–water partition coefficient (Wildman–Crippen LogP) is 5.02. The lowest BCUT2D eigenvalue weighted by molar-refractivity contribution is 0.0782. The Morgan fingerprint density at radius 3 is 2.52 bits per heavy atom. The number of hydrogen-bond donors (Lipinski definition) is 1. The van der Waals surface area contributed by atoms with Gasteiger partial charge in [-0.3, -0.25) is 9.78 Å². The van der Waals surface area contributed by atoms with Gasteiger partial charge in [0.1, 0.15) is 18.1 Å². The van der Waals surface area contributed by atoms with Crippen molar-refractivity contribution in [2.24, 2.45) is 0 Å². The first kappa shape index (κ1) is 29.6. The van der Waals surface area contributed by atoms with Crippen LogP contribution in [0.25, 0.3) is 11.0 Å². The van der Waals surface area contributed by atoms with Crippen molar-refractivity contribution in [1.82, 2.24) is 24.3 Å². The highest BCUT2D eigenvalue weighted by Gasteiger charge is 2.24. The Kier molecular flexibility index (Phi) is 9.34. The molecule has 6 rings (SSSR count). The maximum Gasteiger partial charge on any atom is 0.253 e. The predicted molar refractivity (Wildman–Crippen MR) is 172 cm³/mol. The molecule has 1 atom stereocenters. The number of imidazole rings is 1. The lowest BCUT2D eigenvalue weighted by Gasteiger charge is -2.27. The summed E-state index contributed by atoms with van der Waals surface area (Å²) in [6, 6.07) is 27.5. The third-order valence-corrected chi connectivity index (χ3v) is 8.45. The van der Waals surface area contributed by atoms with E-state index in [0.29, 0.717) is 24.4 Å². The summed E-state index contributed by atoms with van der Waals surface area (Å²) in [5, 5.41) is 9.47. The molecule has 9 nitrogen and oxygen atoms in total. The normalized spacial score (nSPS) is 14.9. The molecule has 2 aromatic carbocycles. The molecule has 3 aromatic heterocycles. The van der Waals surface area contributed by atoms with Crippen LogP contribution in [0.2, 0.25) is 0 Å². The Balaban J connectivity index is 1.13. The SMILES string of the molecule is CN(CC(CCN1CCCN(c2nc3ccccc3n2Cc2ccc(CO)o2)CC1)c1ccccn1)C(=O)c1ccccc1. The lowest BCUT2D eigenvalue weighted by Crippen LogP contribution is -2.35. The van der Waals surface area contributed by atoms with Crippen LogP contribution >= 0.6 is 0 Å². The highest BCUT2D eigenvalue weighted by Crippen LogP contribution is 2.26. The van der Waals surface area contributed by atoms with Crippen LogP contribution in [-0.2, 0) is 13.2 Å². The first-order chi connectivity index (χ1) is 21.6. The summed E-state index contributed by atoms with van der Waals surface area (Å²) in [5.74, 6) is 2.47. The molecule has 0 radical (unpaired) electrons. The van der Waals surface area contributed by atoms with Crippen LogP contribution in [-0.4, -0.2) is 81.7 Å². The molecule has 228 valence electrons. The molecule has 1 aliphatic heterocycles. The van der Waals surface area contributed by atoms with Crippen molar-refractivity contribution in [2.75, 3.05) is 51.2 Å². The fourth-order valence-electron chi connectivity index (χ4n) is 6.11. The van der Waals surface area contributed by atoms with Gasteiger partial charge in [-0.15, -0.1) is 0 Å². The zero-order valence-corrected chi connectivity index (χ0v) is 25.3. The molecule has 0 spiro atoms. The highest BCUT2D eigenvalue weighted by atomic mass is 16.4. The van der Waals surface area contributed by atoms with Crippen molar-refractivity contribution in [3.8, 4) is 0 Å². The van der Waals surface area contributed by atoms with Crippen molar-refractivity contribution in [2.45, 2.75) is 31.9 Å². The zero-order chi connectivity index (χ0) is 30.3. The summed E-state index contributed by atoms with van der Waals surface area (Å²) in [6.45, 7) is 5.68. The van der Waals surface area contributed by atoms with Crippen molar-refractivity contribution >= 4 is 22.9 Å². The number of carbonyl (C=O) groups is 1. The van der Waals surface area contributed by atoms with E-state index in [1.807, 2.05) is 84.9 Å². The number of aliphatic hydroxyl groups is 1. The number of fused-ring (bicyclic) bond motifs is 1. The van der Waals surface area contributed by atoms with E-state index < -0.39 is 0 Å². The molecule has 1 unspecified atom stereocenters. The quantitative estimate of drug-likeness (QED) is 0.230. The number of amides is 1. The summed E-state index contributed by atoms with van der Waals surface area (Å²) in [7, 11) is 1.88. The summed E-state index contributed by atoms with van der Waals surface area (Å²) < 4.78 is 8.07. The summed E-state index contributed by atoms with van der Waals surface area (Å²) in [4.78, 5) is 29.6. The topological polar surface area (TPSA) is 90.9 Å². The van der Waals surface area contributed by atoms with Crippen LogP contribution < -0.4 is 4.90 Å². The number of benzene rings is 2. The number of rotatable bonds is 11.